The van der Waals surface area contributed by atoms with Crippen LogP contribution in [0, 0.1) is 0 Å². The summed E-state index contributed by atoms with van der Waals surface area (Å²) < 4.78 is 5.42. The van der Waals surface area contributed by atoms with Crippen LogP contribution in [0.15, 0.2) is 43.0 Å². The molecule has 2 rings (SSSR count). The van der Waals surface area contributed by atoms with Crippen LogP contribution in [0.1, 0.15) is 15.9 Å². The molecule has 2 aromatic rings. The van der Waals surface area contributed by atoms with Crippen molar-refractivity contribution in [3.8, 4) is 5.75 Å². The predicted octanol–water partition coefficient (Wildman–Crippen LogP) is 1.75. The number of pyridine rings is 2. The number of carbonyl (C=O) groups is 1. The van der Waals surface area contributed by atoms with Crippen molar-refractivity contribution in [1.29, 1.82) is 0 Å². The van der Waals surface area contributed by atoms with E-state index in [9.17, 15) is 4.79 Å². The van der Waals surface area contributed by atoms with E-state index in [0.29, 0.717) is 12.4 Å². The molecule has 0 unspecified atom stereocenters. The molecule has 0 spiro atoms. The Bertz CT molecular complexity index is 514. The highest BCUT2D eigenvalue weighted by Crippen LogP contribution is 2.13. The Morgan fingerprint density at radius 2 is 2.18 bits per heavy atom. The summed E-state index contributed by atoms with van der Waals surface area (Å²) >= 11 is 0. The summed E-state index contributed by atoms with van der Waals surface area (Å²) in [5.74, 6) is -0.599. The molecule has 0 atom stereocenters. The largest absolute Gasteiger partial charge is 0.487 e. The van der Waals surface area contributed by atoms with Crippen LogP contribution in [-0.4, -0.2) is 21.0 Å². The van der Waals surface area contributed by atoms with Crippen LogP contribution in [0.2, 0.25) is 0 Å². The van der Waals surface area contributed by atoms with E-state index >= 15 is 0 Å². The van der Waals surface area contributed by atoms with Gasteiger partial charge in [-0.05, 0) is 12.1 Å². The molecule has 0 saturated carbocycles. The second kappa shape index (κ2) is 5.07. The number of ether oxygens (including phenoxy) is 1. The van der Waals surface area contributed by atoms with Crippen molar-refractivity contribution in [2.75, 3.05) is 0 Å². The van der Waals surface area contributed by atoms with Gasteiger partial charge in [0.25, 0.3) is 0 Å². The monoisotopic (exact) mass is 230 g/mol. The molecule has 1 N–H and O–H groups in total. The van der Waals surface area contributed by atoms with Gasteiger partial charge in [0, 0.05) is 24.2 Å². The average molecular weight is 230 g/mol. The van der Waals surface area contributed by atoms with Gasteiger partial charge in [-0.1, -0.05) is 6.07 Å². The third kappa shape index (κ3) is 3.01. The summed E-state index contributed by atoms with van der Waals surface area (Å²) in [7, 11) is 0. The van der Waals surface area contributed by atoms with Crippen molar-refractivity contribution in [3.05, 3.63) is 54.1 Å². The Labute approximate surface area is 97.7 Å². The van der Waals surface area contributed by atoms with E-state index in [1.54, 1.807) is 12.4 Å². The van der Waals surface area contributed by atoms with Crippen LogP contribution in [0.3, 0.4) is 0 Å². The molecule has 0 saturated heterocycles. The van der Waals surface area contributed by atoms with Crippen LogP contribution < -0.4 is 4.74 Å². The Kier molecular flexibility index (Phi) is 3.30. The van der Waals surface area contributed by atoms with Gasteiger partial charge in [0.2, 0.25) is 0 Å². The lowest BCUT2D eigenvalue weighted by Gasteiger charge is -2.05. The van der Waals surface area contributed by atoms with Gasteiger partial charge < -0.3 is 9.84 Å². The molecule has 0 radical (unpaired) electrons. The van der Waals surface area contributed by atoms with Crippen molar-refractivity contribution in [2.24, 2.45) is 0 Å². The molecular weight excluding hydrogens is 220 g/mol. The van der Waals surface area contributed by atoms with Gasteiger partial charge in [0.1, 0.15) is 12.4 Å². The maximum Gasteiger partial charge on any atom is 0.337 e. The van der Waals surface area contributed by atoms with Crippen molar-refractivity contribution >= 4 is 5.97 Å². The number of hydrogen-bond donors (Lipinski definition) is 1. The third-order valence-electron chi connectivity index (χ3n) is 2.09. The molecule has 2 heterocycles. The highest BCUT2D eigenvalue weighted by Gasteiger charge is 2.04. The minimum atomic E-state index is -1.02. The molecule has 5 heteroatoms. The average Bonchev–Trinajstić information content (AvgIpc) is 2.38. The van der Waals surface area contributed by atoms with E-state index < -0.39 is 5.97 Å². The van der Waals surface area contributed by atoms with Crippen LogP contribution >= 0.6 is 0 Å². The van der Waals surface area contributed by atoms with Gasteiger partial charge in [0.05, 0.1) is 11.8 Å². The first-order chi connectivity index (χ1) is 8.25. The van der Waals surface area contributed by atoms with E-state index in [1.165, 1.54) is 18.5 Å². The molecule has 0 aliphatic rings. The van der Waals surface area contributed by atoms with Gasteiger partial charge in [-0.25, -0.2) is 4.79 Å². The standard InChI is InChI=1S/C12H10N2O3/c15-12(16)10-4-11(7-14-6-10)17-8-9-2-1-3-13-5-9/h1-7H,8H2,(H,15,16). The Hall–Kier alpha value is -2.43. The molecule has 86 valence electrons. The topological polar surface area (TPSA) is 72.3 Å². The second-order valence-corrected chi connectivity index (χ2v) is 3.36. The first kappa shape index (κ1) is 11.1. The van der Waals surface area contributed by atoms with Crippen LogP contribution in [0.25, 0.3) is 0 Å². The zero-order valence-corrected chi connectivity index (χ0v) is 8.91. The summed E-state index contributed by atoms with van der Waals surface area (Å²) in [6.45, 7) is 0.332. The summed E-state index contributed by atoms with van der Waals surface area (Å²) in [6.07, 6.45) is 6.12. The zero-order valence-electron chi connectivity index (χ0n) is 8.91. The summed E-state index contributed by atoms with van der Waals surface area (Å²) in [6, 6.07) is 5.12. The van der Waals surface area contributed by atoms with Crippen molar-refractivity contribution in [3.63, 3.8) is 0 Å². The van der Waals surface area contributed by atoms with E-state index in [0.717, 1.165) is 5.56 Å². The fraction of sp³-hybridized carbons (Fsp3) is 0.0833. The third-order valence-corrected chi connectivity index (χ3v) is 2.09. The highest BCUT2D eigenvalue weighted by molar-refractivity contribution is 5.87. The van der Waals surface area contributed by atoms with E-state index in [2.05, 4.69) is 9.97 Å². The number of aromatic carboxylic acids is 1. The van der Waals surface area contributed by atoms with Crippen LogP contribution in [0.5, 0.6) is 5.75 Å². The molecule has 5 nitrogen and oxygen atoms in total. The molecular formula is C12H10N2O3. The maximum atomic E-state index is 10.7. The normalized spacial score (nSPS) is 9.88. The van der Waals surface area contributed by atoms with Gasteiger partial charge in [-0.2, -0.15) is 0 Å². The summed E-state index contributed by atoms with van der Waals surface area (Å²) in [4.78, 5) is 18.5. The van der Waals surface area contributed by atoms with Gasteiger partial charge in [0.15, 0.2) is 0 Å². The number of carboxylic acid groups (broad SMARTS) is 1. The Morgan fingerprint density at radius 1 is 1.29 bits per heavy atom. The lowest BCUT2D eigenvalue weighted by Crippen LogP contribution is -2.00. The number of aromatic nitrogens is 2. The van der Waals surface area contributed by atoms with E-state index in [1.807, 2.05) is 12.1 Å². The SMILES string of the molecule is O=C(O)c1cncc(OCc2cccnc2)c1. The molecule has 0 aliphatic carbocycles. The molecule has 2 aromatic heterocycles. The number of hydrogen-bond acceptors (Lipinski definition) is 4. The van der Waals surface area contributed by atoms with Crippen molar-refractivity contribution in [2.45, 2.75) is 6.61 Å². The van der Waals surface area contributed by atoms with E-state index in [-0.39, 0.29) is 5.56 Å². The van der Waals surface area contributed by atoms with E-state index in [4.69, 9.17) is 9.84 Å². The van der Waals surface area contributed by atoms with Crippen LogP contribution in [-0.2, 0) is 6.61 Å². The second-order valence-electron chi connectivity index (χ2n) is 3.36. The van der Waals surface area contributed by atoms with Crippen molar-refractivity contribution in [1.82, 2.24) is 9.97 Å². The number of nitrogens with zero attached hydrogens (tertiary/aromatic N) is 2. The first-order valence-electron chi connectivity index (χ1n) is 4.96. The molecule has 0 fully saturated rings. The predicted molar refractivity (Wildman–Crippen MR) is 59.8 cm³/mol. The highest BCUT2D eigenvalue weighted by atomic mass is 16.5. The summed E-state index contributed by atoms with van der Waals surface area (Å²) in [5, 5.41) is 8.79. The fourth-order valence-electron chi connectivity index (χ4n) is 1.26. The lowest BCUT2D eigenvalue weighted by atomic mass is 10.3. The molecule has 0 aliphatic heterocycles. The molecule has 17 heavy (non-hydrogen) atoms. The minimum Gasteiger partial charge on any atom is -0.487 e. The first-order valence-corrected chi connectivity index (χ1v) is 4.96. The number of rotatable bonds is 4. The maximum absolute atomic E-state index is 10.7. The van der Waals surface area contributed by atoms with Gasteiger partial charge >= 0.3 is 5.97 Å². The van der Waals surface area contributed by atoms with Gasteiger partial charge in [-0.15, -0.1) is 0 Å². The number of carboxylic acids is 1. The smallest absolute Gasteiger partial charge is 0.337 e. The Balaban J connectivity index is 2.04. The van der Waals surface area contributed by atoms with Crippen LogP contribution in [0.4, 0.5) is 0 Å². The van der Waals surface area contributed by atoms with Gasteiger partial charge in [-0.3, -0.25) is 9.97 Å². The lowest BCUT2D eigenvalue weighted by molar-refractivity contribution is 0.0696. The summed E-state index contributed by atoms with van der Waals surface area (Å²) in [5.41, 5.74) is 1.02. The van der Waals surface area contributed by atoms with Crippen molar-refractivity contribution < 1.29 is 14.6 Å². The quantitative estimate of drug-likeness (QED) is 0.866. The minimum absolute atomic E-state index is 0.105. The Morgan fingerprint density at radius 3 is 2.88 bits per heavy atom. The fourth-order valence-corrected chi connectivity index (χ4v) is 1.26. The molecule has 0 aromatic carbocycles. The molecule has 0 bridgehead atoms. The molecule has 0 amide bonds. The zero-order chi connectivity index (χ0) is 12.1.